The summed E-state index contributed by atoms with van der Waals surface area (Å²) in [6.45, 7) is 10.4. The van der Waals surface area contributed by atoms with E-state index < -0.39 is 5.60 Å². The summed E-state index contributed by atoms with van der Waals surface area (Å²) in [6, 6.07) is 8.94. The number of halogens is 1. The Morgan fingerprint density at radius 2 is 1.87 bits per heavy atom. The lowest BCUT2D eigenvalue weighted by molar-refractivity contribution is 0.0521. The minimum absolute atomic E-state index is 0.230. The molecule has 5 heteroatoms. The van der Waals surface area contributed by atoms with Gasteiger partial charge in [-0.1, -0.05) is 35.0 Å². The van der Waals surface area contributed by atoms with E-state index in [1.807, 2.05) is 20.8 Å². The summed E-state index contributed by atoms with van der Waals surface area (Å²) in [5, 5.41) is 6.40. The fourth-order valence-corrected chi connectivity index (χ4v) is 2.54. The topological polar surface area (TPSA) is 50.4 Å². The Morgan fingerprint density at radius 3 is 2.39 bits per heavy atom. The second-order valence-electron chi connectivity index (χ2n) is 6.89. The van der Waals surface area contributed by atoms with Crippen molar-refractivity contribution in [3.8, 4) is 0 Å². The molecule has 2 atom stereocenters. The van der Waals surface area contributed by atoms with Crippen molar-refractivity contribution < 1.29 is 9.53 Å². The number of benzene rings is 1. The van der Waals surface area contributed by atoms with Gasteiger partial charge in [0.1, 0.15) is 5.60 Å². The molecule has 0 spiro atoms. The largest absolute Gasteiger partial charge is 0.444 e. The molecule has 0 aliphatic carbocycles. The van der Waals surface area contributed by atoms with Crippen LogP contribution in [0.15, 0.2) is 28.7 Å². The maximum absolute atomic E-state index is 11.7. The van der Waals surface area contributed by atoms with Crippen LogP contribution in [0.3, 0.4) is 0 Å². The Morgan fingerprint density at radius 1 is 1.26 bits per heavy atom. The first-order chi connectivity index (χ1) is 10.7. The first-order valence-electron chi connectivity index (χ1n) is 8.17. The third kappa shape index (κ3) is 8.96. The number of hydrogen-bond acceptors (Lipinski definition) is 3. The molecule has 2 N–H and O–H groups in total. The van der Waals surface area contributed by atoms with Crippen molar-refractivity contribution in [2.24, 2.45) is 0 Å². The number of rotatable bonds is 7. The lowest BCUT2D eigenvalue weighted by Crippen LogP contribution is -2.46. The molecule has 0 aliphatic heterocycles. The molecular formula is C18H29BrN2O2. The standard InChI is InChI=1S/C18H29BrN2O2/c1-6-16(12-20-17(22)23-18(3,4)5)21-13(2)11-14-7-9-15(19)10-8-14/h7-10,13,16,21H,6,11-12H2,1-5H3,(H,20,22). The van der Waals surface area contributed by atoms with Crippen LogP contribution in [0.25, 0.3) is 0 Å². The molecule has 1 amide bonds. The maximum atomic E-state index is 11.7. The summed E-state index contributed by atoms with van der Waals surface area (Å²) in [5.41, 5.74) is 0.830. The van der Waals surface area contributed by atoms with Gasteiger partial charge in [0, 0.05) is 23.1 Å². The van der Waals surface area contributed by atoms with E-state index in [2.05, 4.69) is 64.7 Å². The molecule has 0 aliphatic rings. The zero-order valence-electron chi connectivity index (χ0n) is 14.8. The van der Waals surface area contributed by atoms with Crippen molar-refractivity contribution in [1.29, 1.82) is 0 Å². The third-order valence-corrected chi connectivity index (χ3v) is 3.89. The lowest BCUT2D eigenvalue weighted by atomic mass is 10.1. The Kier molecular flexibility index (Phi) is 8.06. The number of hydrogen-bond donors (Lipinski definition) is 2. The highest BCUT2D eigenvalue weighted by Gasteiger charge is 2.17. The molecule has 1 aromatic carbocycles. The minimum atomic E-state index is -0.464. The number of carbonyl (C=O) groups excluding carboxylic acids is 1. The molecule has 0 fully saturated rings. The van der Waals surface area contributed by atoms with Crippen molar-refractivity contribution in [2.75, 3.05) is 6.54 Å². The molecule has 0 heterocycles. The highest BCUT2D eigenvalue weighted by atomic mass is 79.9. The molecule has 0 saturated carbocycles. The molecule has 1 aromatic rings. The van der Waals surface area contributed by atoms with Crippen LogP contribution in [-0.2, 0) is 11.2 Å². The summed E-state index contributed by atoms with van der Waals surface area (Å²) in [6.07, 6.45) is 1.54. The first kappa shape index (κ1) is 20.0. The fourth-order valence-electron chi connectivity index (χ4n) is 2.28. The van der Waals surface area contributed by atoms with Crippen LogP contribution in [-0.4, -0.2) is 30.3 Å². The van der Waals surface area contributed by atoms with Gasteiger partial charge in [-0.3, -0.25) is 0 Å². The van der Waals surface area contributed by atoms with Gasteiger partial charge in [0.2, 0.25) is 0 Å². The highest BCUT2D eigenvalue weighted by Crippen LogP contribution is 2.12. The molecular weight excluding hydrogens is 356 g/mol. The monoisotopic (exact) mass is 384 g/mol. The van der Waals surface area contributed by atoms with Gasteiger partial charge in [0.15, 0.2) is 0 Å². The zero-order valence-corrected chi connectivity index (χ0v) is 16.4. The molecule has 23 heavy (non-hydrogen) atoms. The zero-order chi connectivity index (χ0) is 17.5. The Balaban J connectivity index is 2.39. The van der Waals surface area contributed by atoms with E-state index in [1.54, 1.807) is 0 Å². The van der Waals surface area contributed by atoms with Gasteiger partial charge >= 0.3 is 6.09 Å². The van der Waals surface area contributed by atoms with Gasteiger partial charge < -0.3 is 15.4 Å². The van der Waals surface area contributed by atoms with E-state index in [-0.39, 0.29) is 12.1 Å². The van der Waals surface area contributed by atoms with Crippen molar-refractivity contribution in [2.45, 2.75) is 65.1 Å². The lowest BCUT2D eigenvalue weighted by Gasteiger charge is -2.24. The fraction of sp³-hybridized carbons (Fsp3) is 0.611. The van der Waals surface area contributed by atoms with E-state index in [0.717, 1.165) is 17.3 Å². The van der Waals surface area contributed by atoms with Crippen LogP contribution in [0.2, 0.25) is 0 Å². The molecule has 0 saturated heterocycles. The SMILES string of the molecule is CCC(CNC(=O)OC(C)(C)C)NC(C)Cc1ccc(Br)cc1. The highest BCUT2D eigenvalue weighted by molar-refractivity contribution is 9.10. The van der Waals surface area contributed by atoms with Crippen molar-refractivity contribution in [3.63, 3.8) is 0 Å². The van der Waals surface area contributed by atoms with E-state index >= 15 is 0 Å². The van der Waals surface area contributed by atoms with E-state index in [0.29, 0.717) is 12.6 Å². The third-order valence-electron chi connectivity index (χ3n) is 3.36. The molecule has 4 nitrogen and oxygen atoms in total. The number of ether oxygens (including phenoxy) is 1. The molecule has 0 radical (unpaired) electrons. The summed E-state index contributed by atoms with van der Waals surface area (Å²) < 4.78 is 6.35. The van der Waals surface area contributed by atoms with E-state index in [9.17, 15) is 4.79 Å². The van der Waals surface area contributed by atoms with E-state index in [1.165, 1.54) is 5.56 Å². The number of nitrogens with one attached hydrogen (secondary N) is 2. The van der Waals surface area contributed by atoms with Crippen molar-refractivity contribution in [3.05, 3.63) is 34.3 Å². The van der Waals surface area contributed by atoms with Gasteiger partial charge in [-0.15, -0.1) is 0 Å². The van der Waals surface area contributed by atoms with Gasteiger partial charge in [-0.05, 0) is 58.2 Å². The number of carbonyl (C=O) groups is 1. The number of alkyl carbamates (subject to hydrolysis) is 1. The summed E-state index contributed by atoms with van der Waals surface area (Å²) in [5.74, 6) is 0. The Hall–Kier alpha value is -1.07. The summed E-state index contributed by atoms with van der Waals surface area (Å²) >= 11 is 3.45. The molecule has 1 rings (SSSR count). The van der Waals surface area contributed by atoms with Gasteiger partial charge in [-0.2, -0.15) is 0 Å². The Bertz CT molecular complexity index is 483. The van der Waals surface area contributed by atoms with Crippen LogP contribution >= 0.6 is 15.9 Å². The van der Waals surface area contributed by atoms with Crippen LogP contribution in [0.4, 0.5) is 4.79 Å². The van der Waals surface area contributed by atoms with Crippen molar-refractivity contribution in [1.82, 2.24) is 10.6 Å². The second-order valence-corrected chi connectivity index (χ2v) is 7.80. The van der Waals surface area contributed by atoms with Crippen LogP contribution in [0, 0.1) is 0 Å². The van der Waals surface area contributed by atoms with Crippen molar-refractivity contribution >= 4 is 22.0 Å². The Labute approximate surface area is 148 Å². The smallest absolute Gasteiger partial charge is 0.407 e. The van der Waals surface area contributed by atoms with Gasteiger partial charge in [0.25, 0.3) is 0 Å². The van der Waals surface area contributed by atoms with Crippen LogP contribution < -0.4 is 10.6 Å². The summed E-state index contributed by atoms with van der Waals surface area (Å²) in [7, 11) is 0. The average molecular weight is 385 g/mol. The van der Waals surface area contributed by atoms with Gasteiger partial charge in [0.05, 0.1) is 0 Å². The molecule has 2 unspecified atom stereocenters. The normalized spacial score (nSPS) is 14.2. The summed E-state index contributed by atoms with van der Waals surface area (Å²) in [4.78, 5) is 11.7. The van der Waals surface area contributed by atoms with Crippen LogP contribution in [0.5, 0.6) is 0 Å². The van der Waals surface area contributed by atoms with Crippen LogP contribution in [0.1, 0.15) is 46.6 Å². The number of amides is 1. The minimum Gasteiger partial charge on any atom is -0.444 e. The maximum Gasteiger partial charge on any atom is 0.407 e. The quantitative estimate of drug-likeness (QED) is 0.737. The molecule has 130 valence electrons. The molecule has 0 aromatic heterocycles. The molecule has 0 bridgehead atoms. The second kappa shape index (κ2) is 9.28. The average Bonchev–Trinajstić information content (AvgIpc) is 2.44. The predicted octanol–water partition coefficient (Wildman–Crippen LogP) is 4.27. The van der Waals surface area contributed by atoms with E-state index in [4.69, 9.17) is 4.74 Å². The predicted molar refractivity (Wildman–Crippen MR) is 98.8 cm³/mol. The van der Waals surface area contributed by atoms with Gasteiger partial charge in [-0.25, -0.2) is 4.79 Å². The first-order valence-corrected chi connectivity index (χ1v) is 8.96.